The molecule has 0 spiro atoms. The summed E-state index contributed by atoms with van der Waals surface area (Å²) in [7, 11) is 0. The number of alkyl halides is 1. The van der Waals surface area contributed by atoms with E-state index in [1.807, 2.05) is 6.07 Å². The van der Waals surface area contributed by atoms with Crippen molar-refractivity contribution in [3.8, 4) is 0 Å². The van der Waals surface area contributed by atoms with Crippen LogP contribution in [0.1, 0.15) is 79.1 Å². The van der Waals surface area contributed by atoms with Crippen molar-refractivity contribution in [2.24, 2.45) is 0 Å². The van der Waals surface area contributed by atoms with Crippen molar-refractivity contribution in [3.63, 3.8) is 0 Å². The van der Waals surface area contributed by atoms with Gasteiger partial charge in [-0.15, -0.1) is 22.9 Å². The van der Waals surface area contributed by atoms with E-state index < -0.39 is 0 Å². The Balaban J connectivity index is 2.01. The summed E-state index contributed by atoms with van der Waals surface area (Å²) in [5.74, 6) is -0.649. The lowest BCUT2D eigenvalue weighted by molar-refractivity contribution is -0.113. The largest absolute Gasteiger partial charge is 0.316 e. The first-order valence-electron chi connectivity index (χ1n) is 10.3. The summed E-state index contributed by atoms with van der Waals surface area (Å²) < 4.78 is 0. The number of hydrogen-bond acceptors (Lipinski definition) is 3. The Morgan fingerprint density at radius 3 is 2.28 bits per heavy atom. The molecule has 0 saturated heterocycles. The van der Waals surface area contributed by atoms with Crippen LogP contribution in [-0.2, 0) is 11.2 Å². The average molecular weight is 454 g/mol. The van der Waals surface area contributed by atoms with Gasteiger partial charge in [-0.2, -0.15) is 0 Å². The zero-order chi connectivity index (χ0) is 21.1. The maximum Gasteiger partial charge on any atom is 0.239 e. The number of carbonyl (C=O) groups is 2. The lowest BCUT2D eigenvalue weighted by atomic mass is 10.0. The minimum absolute atomic E-state index is 0.148. The molecule has 1 heterocycles. The maximum atomic E-state index is 13.0. The van der Waals surface area contributed by atoms with Crippen molar-refractivity contribution in [1.29, 1.82) is 0 Å². The molecule has 0 bridgehead atoms. The van der Waals surface area contributed by atoms with Crippen molar-refractivity contribution in [2.75, 3.05) is 11.2 Å². The summed E-state index contributed by atoms with van der Waals surface area (Å²) in [5, 5.41) is 3.72. The SMILES string of the molecule is CCCCCCCCCCc1cc(C(=O)c2ccccc2Cl)c(NC(=O)CCl)s1. The third-order valence-corrected chi connectivity index (χ3v) is 6.48. The molecule has 0 aliphatic heterocycles. The summed E-state index contributed by atoms with van der Waals surface area (Å²) in [6.07, 6.45) is 11.0. The molecule has 0 radical (unpaired) electrons. The number of hydrogen-bond donors (Lipinski definition) is 1. The molecule has 158 valence electrons. The Morgan fingerprint density at radius 2 is 1.62 bits per heavy atom. The lowest BCUT2D eigenvalue weighted by Gasteiger charge is -2.05. The van der Waals surface area contributed by atoms with Crippen LogP contribution in [0.4, 0.5) is 5.00 Å². The van der Waals surface area contributed by atoms with Gasteiger partial charge < -0.3 is 5.32 Å². The van der Waals surface area contributed by atoms with E-state index in [0.29, 0.717) is 21.2 Å². The molecule has 1 aromatic heterocycles. The van der Waals surface area contributed by atoms with Gasteiger partial charge in [0.15, 0.2) is 5.78 Å². The molecule has 6 heteroatoms. The van der Waals surface area contributed by atoms with Crippen molar-refractivity contribution in [3.05, 3.63) is 51.4 Å². The second-order valence-electron chi connectivity index (χ2n) is 7.17. The van der Waals surface area contributed by atoms with E-state index in [-0.39, 0.29) is 17.6 Å². The van der Waals surface area contributed by atoms with E-state index in [0.717, 1.165) is 17.7 Å². The number of rotatable bonds is 13. The first kappa shape index (κ1) is 23.9. The van der Waals surface area contributed by atoms with Gasteiger partial charge in [-0.1, -0.05) is 75.6 Å². The van der Waals surface area contributed by atoms with Crippen LogP contribution in [0.3, 0.4) is 0 Å². The van der Waals surface area contributed by atoms with Crippen LogP contribution in [0.25, 0.3) is 0 Å². The molecule has 1 N–H and O–H groups in total. The number of benzene rings is 1. The van der Waals surface area contributed by atoms with Gasteiger partial charge in [0, 0.05) is 10.4 Å². The molecular weight excluding hydrogens is 425 g/mol. The highest BCUT2D eigenvalue weighted by Crippen LogP contribution is 2.32. The van der Waals surface area contributed by atoms with Crippen LogP contribution in [0.15, 0.2) is 30.3 Å². The van der Waals surface area contributed by atoms with Crippen molar-refractivity contribution in [1.82, 2.24) is 0 Å². The summed E-state index contributed by atoms with van der Waals surface area (Å²) >= 11 is 13.3. The maximum absolute atomic E-state index is 13.0. The fraction of sp³-hybridized carbons (Fsp3) is 0.478. The van der Waals surface area contributed by atoms with E-state index in [2.05, 4.69) is 12.2 Å². The monoisotopic (exact) mass is 453 g/mol. The topological polar surface area (TPSA) is 46.2 Å². The normalized spacial score (nSPS) is 10.9. The fourth-order valence-electron chi connectivity index (χ4n) is 3.21. The first-order valence-corrected chi connectivity index (χ1v) is 12.1. The van der Waals surface area contributed by atoms with E-state index >= 15 is 0 Å². The van der Waals surface area contributed by atoms with Gasteiger partial charge in [-0.3, -0.25) is 9.59 Å². The molecule has 0 fully saturated rings. The summed E-state index contributed by atoms with van der Waals surface area (Å²) in [4.78, 5) is 25.9. The fourth-order valence-corrected chi connectivity index (χ4v) is 4.61. The molecule has 2 aromatic rings. The molecule has 0 aliphatic rings. The number of carbonyl (C=O) groups excluding carboxylic acids is 2. The Bertz CT molecular complexity index is 804. The summed E-state index contributed by atoms with van der Waals surface area (Å²) in [6.45, 7) is 2.23. The number of halogens is 2. The molecule has 0 unspecified atom stereocenters. The molecule has 3 nitrogen and oxygen atoms in total. The standard InChI is InChI=1S/C23H29Cl2NO2S/c1-2-3-4-5-6-7-8-9-12-17-15-19(23(29-17)26-21(27)16-24)22(28)18-13-10-11-14-20(18)25/h10-11,13-15H,2-9,12,16H2,1H3,(H,26,27). The Labute approximate surface area is 187 Å². The molecule has 29 heavy (non-hydrogen) atoms. The van der Waals surface area contributed by atoms with Gasteiger partial charge in [-0.05, 0) is 31.0 Å². The molecular formula is C23H29Cl2NO2S. The van der Waals surface area contributed by atoms with Gasteiger partial charge in [0.1, 0.15) is 10.9 Å². The van der Waals surface area contributed by atoms with Crippen LogP contribution in [0.2, 0.25) is 5.02 Å². The van der Waals surface area contributed by atoms with E-state index in [4.69, 9.17) is 23.2 Å². The molecule has 2 rings (SSSR count). The quantitative estimate of drug-likeness (QED) is 0.194. The third-order valence-electron chi connectivity index (χ3n) is 4.80. The molecule has 0 atom stereocenters. The molecule has 0 aliphatic carbocycles. The predicted molar refractivity (Wildman–Crippen MR) is 125 cm³/mol. The third kappa shape index (κ3) is 7.76. The smallest absolute Gasteiger partial charge is 0.239 e. The second kappa shape index (κ2) is 13.0. The van der Waals surface area contributed by atoms with Gasteiger partial charge in [0.2, 0.25) is 5.91 Å². The second-order valence-corrected chi connectivity index (χ2v) is 8.98. The van der Waals surface area contributed by atoms with Crippen LogP contribution >= 0.6 is 34.5 Å². The van der Waals surface area contributed by atoms with Gasteiger partial charge in [0.05, 0.1) is 10.6 Å². The highest BCUT2D eigenvalue weighted by atomic mass is 35.5. The molecule has 1 aromatic carbocycles. The number of nitrogens with one attached hydrogen (secondary N) is 1. The average Bonchev–Trinajstić information content (AvgIpc) is 3.12. The van der Waals surface area contributed by atoms with Crippen molar-refractivity contribution >= 4 is 51.2 Å². The number of amides is 1. The Morgan fingerprint density at radius 1 is 0.966 bits per heavy atom. The van der Waals surface area contributed by atoms with Crippen LogP contribution in [-0.4, -0.2) is 17.6 Å². The zero-order valence-corrected chi connectivity index (χ0v) is 19.3. The van der Waals surface area contributed by atoms with Crippen LogP contribution in [0.5, 0.6) is 0 Å². The summed E-state index contributed by atoms with van der Waals surface area (Å²) in [5.41, 5.74) is 0.920. The van der Waals surface area contributed by atoms with Gasteiger partial charge in [0.25, 0.3) is 0 Å². The Kier molecular flexibility index (Phi) is 10.8. The highest BCUT2D eigenvalue weighted by Gasteiger charge is 2.20. The predicted octanol–water partition coefficient (Wildman–Crippen LogP) is 7.49. The number of aryl methyl sites for hydroxylation is 1. The van der Waals surface area contributed by atoms with E-state index in [1.54, 1.807) is 24.3 Å². The van der Waals surface area contributed by atoms with Crippen LogP contribution < -0.4 is 5.32 Å². The van der Waals surface area contributed by atoms with Gasteiger partial charge in [-0.25, -0.2) is 0 Å². The van der Waals surface area contributed by atoms with Gasteiger partial charge >= 0.3 is 0 Å². The number of anilines is 1. The Hall–Kier alpha value is -1.36. The minimum atomic E-state index is -0.319. The minimum Gasteiger partial charge on any atom is -0.316 e. The van der Waals surface area contributed by atoms with E-state index in [1.165, 1.54) is 56.3 Å². The number of unbranched alkanes of at least 4 members (excludes halogenated alkanes) is 7. The van der Waals surface area contributed by atoms with Crippen molar-refractivity contribution < 1.29 is 9.59 Å². The van der Waals surface area contributed by atoms with Crippen LogP contribution in [0, 0.1) is 0 Å². The number of ketones is 1. The molecule has 1 amide bonds. The first-order chi connectivity index (χ1) is 14.1. The van der Waals surface area contributed by atoms with E-state index in [9.17, 15) is 9.59 Å². The number of thiophene rings is 1. The lowest BCUT2D eigenvalue weighted by Crippen LogP contribution is -2.14. The zero-order valence-electron chi connectivity index (χ0n) is 16.9. The summed E-state index contributed by atoms with van der Waals surface area (Å²) in [6, 6.07) is 8.86. The highest BCUT2D eigenvalue weighted by molar-refractivity contribution is 7.16. The van der Waals surface area contributed by atoms with Crippen molar-refractivity contribution in [2.45, 2.75) is 64.7 Å². The molecule has 0 saturated carbocycles.